The number of aliphatic hydroxyl groups excluding tert-OH is 1. The van der Waals surface area contributed by atoms with Crippen LogP contribution in [0.4, 0.5) is 0 Å². The van der Waals surface area contributed by atoms with Gasteiger partial charge in [0.05, 0.1) is 12.0 Å². The second-order valence-electron chi connectivity index (χ2n) is 6.79. The third-order valence-electron chi connectivity index (χ3n) is 4.99. The van der Waals surface area contributed by atoms with E-state index in [0.29, 0.717) is 22.2 Å². The van der Waals surface area contributed by atoms with Crippen LogP contribution in [0.1, 0.15) is 31.2 Å². The molecule has 150 valence electrons. The number of rotatable bonds is 6. The second-order valence-corrected chi connectivity index (χ2v) is 8.47. The van der Waals surface area contributed by atoms with E-state index in [1.54, 1.807) is 18.1 Å². The summed E-state index contributed by atoms with van der Waals surface area (Å²) in [6.45, 7) is 0.673. The highest BCUT2D eigenvalue weighted by Gasteiger charge is 2.36. The average Bonchev–Trinajstić information content (AvgIpc) is 2.96. The predicted octanol–water partition coefficient (Wildman–Crippen LogP) is 2.66. The van der Waals surface area contributed by atoms with E-state index in [4.69, 9.17) is 17.0 Å². The van der Waals surface area contributed by atoms with Crippen molar-refractivity contribution in [1.82, 2.24) is 9.80 Å². The summed E-state index contributed by atoms with van der Waals surface area (Å²) in [7, 11) is 1.60. The molecule has 1 aromatic rings. The maximum atomic E-state index is 12.8. The summed E-state index contributed by atoms with van der Waals surface area (Å²) in [5.74, 6) is 0.393. The molecule has 0 aliphatic carbocycles. The Balaban J connectivity index is 1.69. The van der Waals surface area contributed by atoms with Gasteiger partial charge in [0, 0.05) is 19.2 Å². The standard InChI is InChI=1S/C20H24N2O4S2/c1-26-16-7-5-14(6-8-16)12-17-19(25)22(20(27)28-17)13-18(24)21-10-3-2-4-15(21)9-11-23/h5-8,12,15,23H,2-4,9-11,13H2,1H3/b17-12+/t15-/m0/s1. The number of benzene rings is 1. The molecule has 0 bridgehead atoms. The number of hydrogen-bond acceptors (Lipinski definition) is 6. The van der Waals surface area contributed by atoms with E-state index in [1.807, 2.05) is 24.3 Å². The Morgan fingerprint density at radius 3 is 2.79 bits per heavy atom. The third-order valence-corrected chi connectivity index (χ3v) is 6.37. The molecule has 1 N–H and O–H groups in total. The van der Waals surface area contributed by atoms with E-state index in [1.165, 1.54) is 16.7 Å². The molecule has 0 spiro atoms. The van der Waals surface area contributed by atoms with Crippen LogP contribution in [-0.2, 0) is 9.59 Å². The van der Waals surface area contributed by atoms with Gasteiger partial charge in [0.15, 0.2) is 0 Å². The molecule has 3 rings (SSSR count). The van der Waals surface area contributed by atoms with Crippen LogP contribution in [0.3, 0.4) is 0 Å². The van der Waals surface area contributed by atoms with Gasteiger partial charge in [-0.1, -0.05) is 36.1 Å². The number of thiocarbonyl (C=S) groups is 1. The van der Waals surface area contributed by atoms with Crippen molar-refractivity contribution < 1.29 is 19.4 Å². The van der Waals surface area contributed by atoms with Gasteiger partial charge in [0.1, 0.15) is 16.6 Å². The molecule has 2 aliphatic heterocycles. The molecule has 0 aromatic heterocycles. The van der Waals surface area contributed by atoms with Gasteiger partial charge >= 0.3 is 0 Å². The van der Waals surface area contributed by atoms with Crippen LogP contribution in [0.2, 0.25) is 0 Å². The maximum absolute atomic E-state index is 12.8. The number of likely N-dealkylation sites (tertiary alicyclic amines) is 1. The molecule has 6 nitrogen and oxygen atoms in total. The quantitative estimate of drug-likeness (QED) is 0.564. The Bertz CT molecular complexity index is 777. The summed E-state index contributed by atoms with van der Waals surface area (Å²) in [5.41, 5.74) is 0.867. The number of piperidine rings is 1. The highest BCUT2D eigenvalue weighted by Crippen LogP contribution is 2.33. The summed E-state index contributed by atoms with van der Waals surface area (Å²) in [5, 5.41) is 9.25. The van der Waals surface area contributed by atoms with Crippen LogP contribution in [0.15, 0.2) is 29.2 Å². The molecule has 1 atom stereocenters. The topological polar surface area (TPSA) is 70.1 Å². The van der Waals surface area contributed by atoms with Gasteiger partial charge in [-0.25, -0.2) is 0 Å². The number of methoxy groups -OCH3 is 1. The van der Waals surface area contributed by atoms with E-state index in [-0.39, 0.29) is 31.0 Å². The van der Waals surface area contributed by atoms with Crippen LogP contribution in [-0.4, -0.2) is 63.9 Å². The molecule has 2 heterocycles. The first-order chi connectivity index (χ1) is 13.5. The lowest BCUT2D eigenvalue weighted by atomic mass is 9.99. The van der Waals surface area contributed by atoms with E-state index >= 15 is 0 Å². The largest absolute Gasteiger partial charge is 0.497 e. The number of carbonyl (C=O) groups excluding carboxylic acids is 2. The third kappa shape index (κ3) is 4.74. The van der Waals surface area contributed by atoms with Crippen molar-refractivity contribution in [3.8, 4) is 5.75 Å². The molecule has 0 saturated carbocycles. The SMILES string of the molecule is COc1ccc(/C=C2/SC(=S)N(CC(=O)N3CCCC[C@H]3CCO)C2=O)cc1. The van der Waals surface area contributed by atoms with Gasteiger partial charge in [0.2, 0.25) is 5.91 Å². The van der Waals surface area contributed by atoms with Crippen molar-refractivity contribution in [1.29, 1.82) is 0 Å². The zero-order valence-electron chi connectivity index (χ0n) is 15.8. The second kappa shape index (κ2) is 9.54. The molecule has 28 heavy (non-hydrogen) atoms. The molecular weight excluding hydrogens is 396 g/mol. The molecular formula is C20H24N2O4S2. The fourth-order valence-corrected chi connectivity index (χ4v) is 4.75. The van der Waals surface area contributed by atoms with E-state index < -0.39 is 0 Å². The van der Waals surface area contributed by atoms with Crippen LogP contribution in [0.25, 0.3) is 6.08 Å². The molecule has 0 unspecified atom stereocenters. The van der Waals surface area contributed by atoms with Crippen molar-refractivity contribution >= 4 is 46.2 Å². The maximum Gasteiger partial charge on any atom is 0.266 e. The normalized spacial score (nSPS) is 21.5. The molecule has 2 aliphatic rings. The van der Waals surface area contributed by atoms with Crippen molar-refractivity contribution in [2.45, 2.75) is 31.7 Å². The minimum absolute atomic E-state index is 0.0412. The first-order valence-electron chi connectivity index (χ1n) is 9.33. The van der Waals surface area contributed by atoms with Gasteiger partial charge in [-0.15, -0.1) is 0 Å². The van der Waals surface area contributed by atoms with Crippen molar-refractivity contribution in [2.24, 2.45) is 0 Å². The number of amides is 2. The van der Waals surface area contributed by atoms with Crippen LogP contribution >= 0.6 is 24.0 Å². The van der Waals surface area contributed by atoms with Crippen LogP contribution in [0.5, 0.6) is 5.75 Å². The van der Waals surface area contributed by atoms with Gasteiger partial charge in [-0.2, -0.15) is 0 Å². The van der Waals surface area contributed by atoms with Gasteiger partial charge < -0.3 is 14.7 Å². The summed E-state index contributed by atoms with van der Waals surface area (Å²) >= 11 is 6.56. The average molecular weight is 421 g/mol. The molecule has 1 aromatic carbocycles. The lowest BCUT2D eigenvalue weighted by molar-refractivity contribution is -0.138. The fraction of sp³-hybridized carbons (Fsp3) is 0.450. The van der Waals surface area contributed by atoms with Gasteiger partial charge in [-0.05, 0) is 49.5 Å². The lowest BCUT2D eigenvalue weighted by Crippen LogP contribution is -2.49. The van der Waals surface area contributed by atoms with E-state index in [9.17, 15) is 14.7 Å². The van der Waals surface area contributed by atoms with Crippen molar-refractivity contribution in [3.63, 3.8) is 0 Å². The predicted molar refractivity (Wildman–Crippen MR) is 114 cm³/mol. The minimum atomic E-state index is -0.241. The zero-order chi connectivity index (χ0) is 20.1. The first kappa shape index (κ1) is 20.8. The monoisotopic (exact) mass is 420 g/mol. The fourth-order valence-electron chi connectivity index (χ4n) is 3.49. The molecule has 2 saturated heterocycles. The highest BCUT2D eigenvalue weighted by molar-refractivity contribution is 8.26. The Kier molecular flexibility index (Phi) is 7.09. The van der Waals surface area contributed by atoms with Crippen molar-refractivity contribution in [2.75, 3.05) is 26.8 Å². The molecule has 8 heteroatoms. The van der Waals surface area contributed by atoms with Crippen LogP contribution < -0.4 is 4.74 Å². The summed E-state index contributed by atoms with van der Waals surface area (Å²) in [6.07, 6.45) is 5.24. The Hall–Kier alpha value is -1.90. The molecule has 2 fully saturated rings. The number of carbonyl (C=O) groups is 2. The highest BCUT2D eigenvalue weighted by atomic mass is 32.2. The Morgan fingerprint density at radius 1 is 1.36 bits per heavy atom. The number of thioether (sulfide) groups is 1. The number of ether oxygens (including phenoxy) is 1. The Morgan fingerprint density at radius 2 is 2.11 bits per heavy atom. The molecule has 0 radical (unpaired) electrons. The lowest BCUT2D eigenvalue weighted by Gasteiger charge is -2.36. The number of hydrogen-bond donors (Lipinski definition) is 1. The van der Waals surface area contributed by atoms with E-state index in [0.717, 1.165) is 30.6 Å². The summed E-state index contributed by atoms with van der Waals surface area (Å²) in [4.78, 5) is 29.3. The number of aliphatic hydroxyl groups is 1. The zero-order valence-corrected chi connectivity index (χ0v) is 17.4. The van der Waals surface area contributed by atoms with Crippen LogP contribution in [0, 0.1) is 0 Å². The Labute approximate surface area is 174 Å². The van der Waals surface area contributed by atoms with Gasteiger partial charge in [-0.3, -0.25) is 14.5 Å². The summed E-state index contributed by atoms with van der Waals surface area (Å²) < 4.78 is 5.54. The molecule has 2 amide bonds. The number of nitrogens with zero attached hydrogens (tertiary/aromatic N) is 2. The smallest absolute Gasteiger partial charge is 0.266 e. The minimum Gasteiger partial charge on any atom is -0.497 e. The van der Waals surface area contributed by atoms with E-state index in [2.05, 4.69) is 0 Å². The van der Waals surface area contributed by atoms with Gasteiger partial charge in [0.25, 0.3) is 5.91 Å². The first-order valence-corrected chi connectivity index (χ1v) is 10.6. The van der Waals surface area contributed by atoms with Crippen molar-refractivity contribution in [3.05, 3.63) is 34.7 Å². The summed E-state index contributed by atoms with van der Waals surface area (Å²) in [6, 6.07) is 7.43.